The van der Waals surface area contributed by atoms with Gasteiger partial charge in [-0.3, -0.25) is 4.79 Å². The average molecular weight is 400 g/mol. The number of ether oxygens (including phenoxy) is 2. The van der Waals surface area contributed by atoms with Crippen LogP contribution in [-0.4, -0.2) is 20.1 Å². The fourth-order valence-corrected chi connectivity index (χ4v) is 2.70. The summed E-state index contributed by atoms with van der Waals surface area (Å²) in [5.74, 6) is -1.39. The fourth-order valence-electron chi connectivity index (χ4n) is 2.15. The van der Waals surface area contributed by atoms with Crippen LogP contribution in [0.3, 0.4) is 0 Å². The molecule has 7 heteroatoms. The normalized spacial score (nSPS) is 11.8. The molecule has 24 heavy (non-hydrogen) atoms. The summed E-state index contributed by atoms with van der Waals surface area (Å²) in [5, 5.41) is 2.73. The van der Waals surface area contributed by atoms with Gasteiger partial charge in [-0.25, -0.2) is 8.78 Å². The number of hydrogen-bond acceptors (Lipinski definition) is 3. The van der Waals surface area contributed by atoms with Gasteiger partial charge in [-0.15, -0.1) is 0 Å². The van der Waals surface area contributed by atoms with Gasteiger partial charge in [0.25, 0.3) is 5.91 Å². The van der Waals surface area contributed by atoms with Crippen molar-refractivity contribution in [3.63, 3.8) is 0 Å². The van der Waals surface area contributed by atoms with E-state index >= 15 is 0 Å². The van der Waals surface area contributed by atoms with Crippen LogP contribution in [0.2, 0.25) is 0 Å². The molecule has 0 aliphatic heterocycles. The van der Waals surface area contributed by atoms with E-state index in [0.717, 1.165) is 12.1 Å². The highest BCUT2D eigenvalue weighted by molar-refractivity contribution is 9.10. The van der Waals surface area contributed by atoms with Crippen LogP contribution in [0.5, 0.6) is 11.5 Å². The van der Waals surface area contributed by atoms with E-state index in [4.69, 9.17) is 9.47 Å². The molecule has 0 aliphatic carbocycles. The molecule has 0 fully saturated rings. The molecule has 2 aromatic carbocycles. The highest BCUT2D eigenvalue weighted by Gasteiger charge is 2.17. The van der Waals surface area contributed by atoms with Crippen LogP contribution in [0, 0.1) is 11.6 Å². The Balaban J connectivity index is 2.24. The third-order valence-electron chi connectivity index (χ3n) is 3.50. The topological polar surface area (TPSA) is 47.6 Å². The summed E-state index contributed by atoms with van der Waals surface area (Å²) in [5.41, 5.74) is 0.777. The summed E-state index contributed by atoms with van der Waals surface area (Å²) in [6.07, 6.45) is 0. The second-order valence-electron chi connectivity index (χ2n) is 5.06. The average Bonchev–Trinajstić information content (AvgIpc) is 2.57. The highest BCUT2D eigenvalue weighted by atomic mass is 79.9. The number of nitrogens with one attached hydrogen (secondary N) is 1. The van der Waals surface area contributed by atoms with Gasteiger partial charge in [0.1, 0.15) is 16.0 Å². The maximum atomic E-state index is 13.3. The Labute approximate surface area is 146 Å². The van der Waals surface area contributed by atoms with Gasteiger partial charge in [-0.05, 0) is 52.7 Å². The predicted molar refractivity (Wildman–Crippen MR) is 89.5 cm³/mol. The van der Waals surface area contributed by atoms with Gasteiger partial charge in [-0.2, -0.15) is 0 Å². The van der Waals surface area contributed by atoms with Gasteiger partial charge in [-0.1, -0.05) is 6.07 Å². The third kappa shape index (κ3) is 3.84. The van der Waals surface area contributed by atoms with Crippen LogP contribution in [0.15, 0.2) is 34.8 Å². The summed E-state index contributed by atoms with van der Waals surface area (Å²) in [4.78, 5) is 12.4. The lowest BCUT2D eigenvalue weighted by atomic mass is 10.1. The van der Waals surface area contributed by atoms with Crippen LogP contribution >= 0.6 is 15.9 Å². The van der Waals surface area contributed by atoms with Crippen molar-refractivity contribution < 1.29 is 23.0 Å². The summed E-state index contributed by atoms with van der Waals surface area (Å²) in [7, 11) is 2.95. The quantitative estimate of drug-likeness (QED) is 0.817. The zero-order valence-corrected chi connectivity index (χ0v) is 14.9. The molecule has 0 saturated heterocycles. The Morgan fingerprint density at radius 1 is 1.08 bits per heavy atom. The second-order valence-corrected chi connectivity index (χ2v) is 5.86. The maximum absolute atomic E-state index is 13.3. The molecule has 2 rings (SSSR count). The number of halogens is 3. The van der Waals surface area contributed by atoms with Gasteiger partial charge in [0.2, 0.25) is 0 Å². The highest BCUT2D eigenvalue weighted by Crippen LogP contribution is 2.35. The number of rotatable bonds is 5. The van der Waals surface area contributed by atoms with E-state index in [1.807, 2.05) is 0 Å². The molecule has 0 bridgehead atoms. The Kier molecular flexibility index (Phi) is 5.77. The molecule has 4 nitrogen and oxygen atoms in total. The number of carbonyl (C=O) groups is 1. The molecule has 1 amide bonds. The molecule has 1 atom stereocenters. The van der Waals surface area contributed by atoms with Gasteiger partial charge in [0.05, 0.1) is 20.3 Å². The molecule has 0 spiro atoms. The van der Waals surface area contributed by atoms with E-state index in [0.29, 0.717) is 27.1 Å². The van der Waals surface area contributed by atoms with Crippen molar-refractivity contribution in [2.45, 2.75) is 13.0 Å². The summed E-state index contributed by atoms with van der Waals surface area (Å²) >= 11 is 3.33. The van der Waals surface area contributed by atoms with Gasteiger partial charge in [0, 0.05) is 5.56 Å². The smallest absolute Gasteiger partial charge is 0.252 e. The second kappa shape index (κ2) is 7.61. The van der Waals surface area contributed by atoms with Crippen molar-refractivity contribution in [1.29, 1.82) is 0 Å². The standard InChI is InChI=1S/C17H16BrF2NO3/c1-9(10-4-5-12(19)13(20)6-10)21-17(22)11-7-14(23-2)16(18)15(8-11)24-3/h4-9H,1-3H3,(H,21,22). The summed E-state index contributed by atoms with van der Waals surface area (Å²) in [6, 6.07) is 6.11. The van der Waals surface area contributed by atoms with Crippen LogP contribution in [0.4, 0.5) is 8.78 Å². The van der Waals surface area contributed by atoms with E-state index in [-0.39, 0.29) is 0 Å². The first-order valence-electron chi connectivity index (χ1n) is 7.04. The molecule has 0 aliphatic rings. The first-order valence-corrected chi connectivity index (χ1v) is 7.84. The number of methoxy groups -OCH3 is 2. The van der Waals surface area contributed by atoms with Crippen LogP contribution in [0.25, 0.3) is 0 Å². The number of hydrogen-bond donors (Lipinski definition) is 1. The Bertz CT molecular complexity index is 742. The van der Waals surface area contributed by atoms with Crippen molar-refractivity contribution >= 4 is 21.8 Å². The van der Waals surface area contributed by atoms with Gasteiger partial charge >= 0.3 is 0 Å². The van der Waals surface area contributed by atoms with Crippen LogP contribution < -0.4 is 14.8 Å². The third-order valence-corrected chi connectivity index (χ3v) is 4.28. The molecule has 0 radical (unpaired) electrons. The Hall–Kier alpha value is -2.15. The monoisotopic (exact) mass is 399 g/mol. The fraction of sp³-hybridized carbons (Fsp3) is 0.235. The zero-order valence-electron chi connectivity index (χ0n) is 13.3. The predicted octanol–water partition coefficient (Wildman–Crippen LogP) is 4.24. The first-order chi connectivity index (χ1) is 11.4. The lowest BCUT2D eigenvalue weighted by Crippen LogP contribution is -2.26. The SMILES string of the molecule is COc1cc(C(=O)NC(C)c2ccc(F)c(F)c2)cc(OC)c1Br. The lowest BCUT2D eigenvalue weighted by molar-refractivity contribution is 0.0939. The van der Waals surface area contributed by atoms with E-state index < -0.39 is 23.6 Å². The van der Waals surface area contributed by atoms with Gasteiger partial charge in [0.15, 0.2) is 11.6 Å². The first kappa shape index (κ1) is 18.2. The number of benzene rings is 2. The molecular weight excluding hydrogens is 384 g/mol. The molecule has 2 aromatic rings. The van der Waals surface area contributed by atoms with Crippen molar-refractivity contribution in [3.05, 3.63) is 57.6 Å². The summed E-state index contributed by atoms with van der Waals surface area (Å²) < 4.78 is 37.3. The van der Waals surface area contributed by atoms with E-state index in [1.54, 1.807) is 19.1 Å². The zero-order chi connectivity index (χ0) is 17.9. The van der Waals surface area contributed by atoms with Crippen LogP contribution in [0.1, 0.15) is 28.9 Å². The molecule has 1 N–H and O–H groups in total. The van der Waals surface area contributed by atoms with Crippen molar-refractivity contribution in [2.24, 2.45) is 0 Å². The van der Waals surface area contributed by atoms with Crippen molar-refractivity contribution in [1.82, 2.24) is 5.32 Å². The van der Waals surface area contributed by atoms with E-state index in [9.17, 15) is 13.6 Å². The molecular formula is C17H16BrF2NO3. The summed E-state index contributed by atoms with van der Waals surface area (Å²) in [6.45, 7) is 1.68. The van der Waals surface area contributed by atoms with Gasteiger partial charge < -0.3 is 14.8 Å². The molecule has 0 saturated carbocycles. The molecule has 0 heterocycles. The Morgan fingerprint density at radius 3 is 2.17 bits per heavy atom. The minimum atomic E-state index is -0.958. The maximum Gasteiger partial charge on any atom is 0.252 e. The largest absolute Gasteiger partial charge is 0.495 e. The lowest BCUT2D eigenvalue weighted by Gasteiger charge is -2.16. The minimum absolute atomic E-state index is 0.321. The van der Waals surface area contributed by atoms with E-state index in [1.165, 1.54) is 20.3 Å². The molecule has 0 aromatic heterocycles. The Morgan fingerprint density at radius 2 is 1.67 bits per heavy atom. The van der Waals surface area contributed by atoms with Crippen molar-refractivity contribution in [2.75, 3.05) is 14.2 Å². The molecule has 1 unspecified atom stereocenters. The van der Waals surface area contributed by atoms with Crippen molar-refractivity contribution in [3.8, 4) is 11.5 Å². The van der Waals surface area contributed by atoms with Crippen LogP contribution in [-0.2, 0) is 0 Å². The van der Waals surface area contributed by atoms with E-state index in [2.05, 4.69) is 21.2 Å². The number of carbonyl (C=O) groups excluding carboxylic acids is 1. The molecule has 128 valence electrons. The minimum Gasteiger partial charge on any atom is -0.495 e. The number of amides is 1.